The normalized spacial score (nSPS) is 16.8. The van der Waals surface area contributed by atoms with Gasteiger partial charge in [0.05, 0.1) is 12.6 Å². The molecule has 0 bridgehead atoms. The van der Waals surface area contributed by atoms with Crippen LogP contribution < -0.4 is 10.1 Å². The molecule has 0 saturated carbocycles. The number of H-pyrrole nitrogens is 1. The Labute approximate surface area is 186 Å². The molecule has 162 valence electrons. The zero-order chi connectivity index (χ0) is 21.6. The highest BCUT2D eigenvalue weighted by Crippen LogP contribution is 2.36. The van der Waals surface area contributed by atoms with Gasteiger partial charge in [-0.05, 0) is 48.9 Å². The number of hydrogen-bond donors (Lipinski definition) is 3. The quantitative estimate of drug-likeness (QED) is 0.475. The molecule has 1 aliphatic carbocycles. The molecule has 0 radical (unpaired) electrons. The standard InChI is InChI=1S/C24H26ClN3O3/c25-19-11-6-7-16(14-19)13-18-10-4-5-12-20-22(18)27-28-23(20)31-24(30)26-21(15-29)17-8-2-1-3-9-17/h1-3,6-9,11,14,18,21,29H,4-5,10,12-13,15H2,(H,26,30)(H,27,28)/t18-,21-/m1/s1. The Kier molecular flexibility index (Phi) is 6.89. The molecule has 2 aromatic carbocycles. The van der Waals surface area contributed by atoms with Crippen molar-refractivity contribution < 1.29 is 14.6 Å². The number of carbonyl (C=O) groups excluding carboxylic acids is 1. The summed E-state index contributed by atoms with van der Waals surface area (Å²) in [7, 11) is 0. The number of hydrogen-bond acceptors (Lipinski definition) is 4. The number of aromatic nitrogens is 2. The van der Waals surface area contributed by atoms with Crippen LogP contribution in [-0.4, -0.2) is 28.0 Å². The summed E-state index contributed by atoms with van der Waals surface area (Å²) < 4.78 is 5.56. The highest BCUT2D eigenvalue weighted by atomic mass is 35.5. The van der Waals surface area contributed by atoms with E-state index in [4.69, 9.17) is 16.3 Å². The van der Waals surface area contributed by atoms with E-state index in [9.17, 15) is 9.90 Å². The molecule has 1 aliphatic rings. The minimum absolute atomic E-state index is 0.223. The van der Waals surface area contributed by atoms with E-state index >= 15 is 0 Å². The first-order valence-corrected chi connectivity index (χ1v) is 11.0. The van der Waals surface area contributed by atoms with E-state index < -0.39 is 12.1 Å². The van der Waals surface area contributed by atoms with Crippen molar-refractivity contribution in [3.8, 4) is 5.88 Å². The molecular formula is C24H26ClN3O3. The number of aliphatic hydroxyl groups is 1. The van der Waals surface area contributed by atoms with Crippen LogP contribution in [0.4, 0.5) is 4.79 Å². The van der Waals surface area contributed by atoms with Crippen LogP contribution in [0.1, 0.15) is 53.6 Å². The summed E-state index contributed by atoms with van der Waals surface area (Å²) in [6.45, 7) is -0.223. The van der Waals surface area contributed by atoms with Crippen LogP contribution in [0, 0.1) is 0 Å². The fourth-order valence-corrected chi connectivity index (χ4v) is 4.41. The molecular weight excluding hydrogens is 414 g/mol. The number of carbonyl (C=O) groups is 1. The van der Waals surface area contributed by atoms with Gasteiger partial charge < -0.3 is 15.2 Å². The number of aromatic amines is 1. The van der Waals surface area contributed by atoms with Gasteiger partial charge in [0.1, 0.15) is 0 Å². The summed E-state index contributed by atoms with van der Waals surface area (Å²) >= 11 is 6.15. The van der Waals surface area contributed by atoms with Crippen LogP contribution in [0.2, 0.25) is 5.02 Å². The Morgan fingerprint density at radius 2 is 2.06 bits per heavy atom. The van der Waals surface area contributed by atoms with E-state index in [0.717, 1.165) is 53.9 Å². The van der Waals surface area contributed by atoms with Gasteiger partial charge in [-0.1, -0.05) is 60.5 Å². The van der Waals surface area contributed by atoms with Gasteiger partial charge >= 0.3 is 6.09 Å². The van der Waals surface area contributed by atoms with Crippen molar-refractivity contribution in [2.75, 3.05) is 6.61 Å². The second-order valence-electron chi connectivity index (χ2n) is 7.88. The van der Waals surface area contributed by atoms with Crippen LogP contribution in [0.3, 0.4) is 0 Å². The van der Waals surface area contributed by atoms with Gasteiger partial charge in [0.25, 0.3) is 0 Å². The number of benzene rings is 2. The molecule has 2 atom stereocenters. The third-order valence-electron chi connectivity index (χ3n) is 5.74. The van der Waals surface area contributed by atoms with Gasteiger partial charge in [0.2, 0.25) is 5.88 Å². The van der Waals surface area contributed by atoms with E-state index in [1.54, 1.807) is 0 Å². The van der Waals surface area contributed by atoms with Crippen molar-refractivity contribution in [2.24, 2.45) is 0 Å². The highest BCUT2D eigenvalue weighted by molar-refractivity contribution is 6.30. The van der Waals surface area contributed by atoms with Gasteiger partial charge in [-0.3, -0.25) is 5.10 Å². The summed E-state index contributed by atoms with van der Waals surface area (Å²) in [6, 6.07) is 16.7. The fraction of sp³-hybridized carbons (Fsp3) is 0.333. The van der Waals surface area contributed by atoms with Crippen molar-refractivity contribution in [2.45, 2.75) is 44.1 Å². The summed E-state index contributed by atoms with van der Waals surface area (Å²) in [4.78, 5) is 12.5. The number of halogens is 1. The summed E-state index contributed by atoms with van der Waals surface area (Å²) in [5, 5.41) is 20.5. The van der Waals surface area contributed by atoms with Gasteiger partial charge in [0.15, 0.2) is 0 Å². The number of nitrogens with zero attached hydrogens (tertiary/aromatic N) is 1. The number of nitrogens with one attached hydrogen (secondary N) is 2. The predicted molar refractivity (Wildman–Crippen MR) is 119 cm³/mol. The van der Waals surface area contributed by atoms with Crippen molar-refractivity contribution in [3.05, 3.63) is 82.0 Å². The van der Waals surface area contributed by atoms with Gasteiger partial charge in [0, 0.05) is 22.2 Å². The molecule has 6 nitrogen and oxygen atoms in total. The SMILES string of the molecule is O=C(N[C@H](CO)c1ccccc1)Oc1n[nH]c2c1CCCC[C@@H]2Cc1cccc(Cl)c1. The lowest BCUT2D eigenvalue weighted by atomic mass is 9.92. The number of aliphatic hydroxyl groups excluding tert-OH is 1. The Balaban J connectivity index is 1.48. The lowest BCUT2D eigenvalue weighted by Crippen LogP contribution is -2.33. The van der Waals surface area contributed by atoms with E-state index in [0.29, 0.717) is 5.88 Å². The van der Waals surface area contributed by atoms with Crippen LogP contribution >= 0.6 is 11.6 Å². The first-order chi connectivity index (χ1) is 15.1. The molecule has 1 amide bonds. The molecule has 4 rings (SSSR count). The maximum absolute atomic E-state index is 12.5. The minimum Gasteiger partial charge on any atom is -0.394 e. The van der Waals surface area contributed by atoms with Crippen LogP contribution in [0.25, 0.3) is 0 Å². The lowest BCUT2D eigenvalue weighted by Gasteiger charge is -2.16. The van der Waals surface area contributed by atoms with Gasteiger partial charge in [-0.15, -0.1) is 5.10 Å². The summed E-state index contributed by atoms with van der Waals surface area (Å²) in [5.41, 5.74) is 3.97. The molecule has 0 aliphatic heterocycles. The molecule has 31 heavy (non-hydrogen) atoms. The second-order valence-corrected chi connectivity index (χ2v) is 8.31. The average molecular weight is 440 g/mol. The maximum atomic E-state index is 12.5. The Morgan fingerprint density at radius 3 is 2.84 bits per heavy atom. The molecule has 3 N–H and O–H groups in total. The third kappa shape index (κ3) is 5.27. The van der Waals surface area contributed by atoms with E-state index in [1.807, 2.05) is 48.5 Å². The molecule has 1 aromatic heterocycles. The van der Waals surface area contributed by atoms with Gasteiger partial charge in [-0.25, -0.2) is 4.79 Å². The number of amides is 1. The largest absolute Gasteiger partial charge is 0.414 e. The monoisotopic (exact) mass is 439 g/mol. The number of rotatable bonds is 6. The Bertz CT molecular complexity index is 1020. The molecule has 0 unspecified atom stereocenters. The Hall–Kier alpha value is -2.83. The van der Waals surface area contributed by atoms with Crippen molar-refractivity contribution in [1.29, 1.82) is 0 Å². The number of ether oxygens (including phenoxy) is 1. The van der Waals surface area contributed by atoms with Gasteiger partial charge in [-0.2, -0.15) is 0 Å². The molecule has 7 heteroatoms. The Morgan fingerprint density at radius 1 is 1.23 bits per heavy atom. The average Bonchev–Trinajstić information content (AvgIpc) is 3.05. The fourth-order valence-electron chi connectivity index (χ4n) is 4.19. The smallest absolute Gasteiger partial charge is 0.394 e. The predicted octanol–water partition coefficient (Wildman–Crippen LogP) is 4.94. The van der Waals surface area contributed by atoms with Crippen LogP contribution in [0.5, 0.6) is 5.88 Å². The van der Waals surface area contributed by atoms with E-state index in [1.165, 1.54) is 5.56 Å². The van der Waals surface area contributed by atoms with Crippen molar-refractivity contribution >= 4 is 17.7 Å². The van der Waals surface area contributed by atoms with Crippen LogP contribution in [0.15, 0.2) is 54.6 Å². The topological polar surface area (TPSA) is 87.2 Å². The summed E-state index contributed by atoms with van der Waals surface area (Å²) in [5.74, 6) is 0.577. The minimum atomic E-state index is -0.632. The molecule has 1 heterocycles. The highest BCUT2D eigenvalue weighted by Gasteiger charge is 2.26. The molecule has 3 aromatic rings. The van der Waals surface area contributed by atoms with Crippen LogP contribution in [-0.2, 0) is 12.8 Å². The molecule has 0 fully saturated rings. The molecule has 0 spiro atoms. The van der Waals surface area contributed by atoms with E-state index in [-0.39, 0.29) is 12.5 Å². The van der Waals surface area contributed by atoms with Crippen molar-refractivity contribution in [1.82, 2.24) is 15.5 Å². The zero-order valence-corrected chi connectivity index (χ0v) is 17.9. The summed E-state index contributed by atoms with van der Waals surface area (Å²) in [6.07, 6.45) is 4.17. The van der Waals surface area contributed by atoms with E-state index in [2.05, 4.69) is 21.6 Å². The molecule has 0 saturated heterocycles. The van der Waals surface area contributed by atoms with Crippen molar-refractivity contribution in [3.63, 3.8) is 0 Å². The first-order valence-electron chi connectivity index (χ1n) is 10.6. The zero-order valence-electron chi connectivity index (χ0n) is 17.2. The first kappa shape index (κ1) is 21.4. The third-order valence-corrected chi connectivity index (χ3v) is 5.97. The maximum Gasteiger partial charge on any atom is 0.414 e. The second kappa shape index (κ2) is 9.98. The number of fused-ring (bicyclic) bond motifs is 1. The lowest BCUT2D eigenvalue weighted by molar-refractivity contribution is 0.181.